The minimum absolute atomic E-state index is 0.600. The number of rotatable bonds is 3. The van der Waals surface area contributed by atoms with Crippen LogP contribution in [0.25, 0.3) is 0 Å². The fraction of sp³-hybridized carbons (Fsp3) is 0.882. The molecule has 2 rings (SSSR count). The summed E-state index contributed by atoms with van der Waals surface area (Å²) in [6.45, 7) is 2.33. The van der Waals surface area contributed by atoms with Gasteiger partial charge in [0.15, 0.2) is 0 Å². The normalized spacial score (nSPS) is 38.6. The van der Waals surface area contributed by atoms with Crippen molar-refractivity contribution >= 4 is 0 Å². The van der Waals surface area contributed by atoms with E-state index in [1.807, 2.05) is 0 Å². The minimum Gasteiger partial charge on any atom is -0.120 e. The predicted octanol–water partition coefficient (Wildman–Crippen LogP) is 5.03. The zero-order chi connectivity index (χ0) is 12.1. The van der Waals surface area contributed by atoms with Crippen LogP contribution in [0.15, 0.2) is 0 Å². The first-order valence-electron chi connectivity index (χ1n) is 7.79. The van der Waals surface area contributed by atoms with E-state index in [2.05, 4.69) is 12.8 Å². The maximum Gasteiger partial charge on any atom is 0.0200 e. The third kappa shape index (κ3) is 3.51. The van der Waals surface area contributed by atoms with Crippen LogP contribution in [0.1, 0.15) is 71.1 Å². The first-order valence-corrected chi connectivity index (χ1v) is 7.79. The molecule has 96 valence electrons. The van der Waals surface area contributed by atoms with Gasteiger partial charge in [-0.15, -0.1) is 12.3 Å². The highest BCUT2D eigenvalue weighted by Gasteiger charge is 2.29. The summed E-state index contributed by atoms with van der Waals surface area (Å²) >= 11 is 0. The molecule has 0 bridgehead atoms. The molecule has 0 aliphatic heterocycles. The summed E-state index contributed by atoms with van der Waals surface area (Å²) < 4.78 is 0. The molecule has 0 atom stereocenters. The Kier molecular flexibility index (Phi) is 4.96. The number of hydrogen-bond acceptors (Lipinski definition) is 0. The molecule has 0 heterocycles. The Balaban J connectivity index is 1.72. The molecule has 0 heteroatoms. The quantitative estimate of drug-likeness (QED) is 0.598. The largest absolute Gasteiger partial charge is 0.120 e. The molecule has 0 aromatic heterocycles. The van der Waals surface area contributed by atoms with Crippen molar-refractivity contribution in [2.24, 2.45) is 23.7 Å². The molecule has 0 nitrogen and oxygen atoms in total. The molecule has 0 aromatic rings. The molecule has 17 heavy (non-hydrogen) atoms. The van der Waals surface area contributed by atoms with E-state index in [-0.39, 0.29) is 0 Å². The molecule has 2 aliphatic rings. The van der Waals surface area contributed by atoms with Crippen molar-refractivity contribution in [3.8, 4) is 12.3 Å². The van der Waals surface area contributed by atoms with Gasteiger partial charge >= 0.3 is 0 Å². The van der Waals surface area contributed by atoms with Crippen LogP contribution >= 0.6 is 0 Å². The van der Waals surface area contributed by atoms with Crippen molar-refractivity contribution < 1.29 is 0 Å². The van der Waals surface area contributed by atoms with Crippen LogP contribution in [0.5, 0.6) is 0 Å². The molecule has 2 saturated carbocycles. The van der Waals surface area contributed by atoms with Crippen LogP contribution in [-0.2, 0) is 0 Å². The Labute approximate surface area is 108 Å². The maximum atomic E-state index is 5.53. The molecule has 2 aliphatic carbocycles. The van der Waals surface area contributed by atoms with Gasteiger partial charge in [0.1, 0.15) is 0 Å². The molecular weight excluding hydrogens is 204 g/mol. The lowest BCUT2D eigenvalue weighted by atomic mass is 9.69. The Morgan fingerprint density at radius 2 is 1.41 bits per heavy atom. The van der Waals surface area contributed by atoms with Crippen LogP contribution in [-0.4, -0.2) is 0 Å². The van der Waals surface area contributed by atoms with Gasteiger partial charge in [0.25, 0.3) is 0 Å². The highest BCUT2D eigenvalue weighted by molar-refractivity contribution is 4.96. The van der Waals surface area contributed by atoms with Gasteiger partial charge in [-0.25, -0.2) is 0 Å². The smallest absolute Gasteiger partial charge is 0.0200 e. The predicted molar refractivity (Wildman–Crippen MR) is 74.6 cm³/mol. The summed E-state index contributed by atoms with van der Waals surface area (Å²) in [5, 5.41) is 0. The van der Waals surface area contributed by atoms with Crippen LogP contribution in [0, 0.1) is 36.0 Å². The van der Waals surface area contributed by atoms with E-state index in [4.69, 9.17) is 6.42 Å². The summed E-state index contributed by atoms with van der Waals surface area (Å²) in [5.41, 5.74) is 0. The van der Waals surface area contributed by atoms with Gasteiger partial charge in [-0.05, 0) is 56.3 Å². The van der Waals surface area contributed by atoms with Gasteiger partial charge in [-0.1, -0.05) is 32.6 Å². The van der Waals surface area contributed by atoms with Crippen molar-refractivity contribution in [2.75, 3.05) is 0 Å². The van der Waals surface area contributed by atoms with Gasteiger partial charge in [-0.2, -0.15) is 0 Å². The van der Waals surface area contributed by atoms with Gasteiger partial charge in [0.2, 0.25) is 0 Å². The first-order chi connectivity index (χ1) is 8.33. The summed E-state index contributed by atoms with van der Waals surface area (Å²) in [6, 6.07) is 0. The van der Waals surface area contributed by atoms with Crippen LogP contribution < -0.4 is 0 Å². The second-order valence-electron chi connectivity index (χ2n) is 6.35. The average molecular weight is 232 g/mol. The van der Waals surface area contributed by atoms with E-state index >= 15 is 0 Å². The first kappa shape index (κ1) is 13.0. The molecule has 0 spiro atoms. The van der Waals surface area contributed by atoms with Crippen molar-refractivity contribution in [1.82, 2.24) is 0 Å². The molecular formula is C17H28. The van der Waals surface area contributed by atoms with Crippen LogP contribution in [0.2, 0.25) is 0 Å². The van der Waals surface area contributed by atoms with Gasteiger partial charge in [0.05, 0.1) is 0 Å². The highest BCUT2D eigenvalue weighted by atomic mass is 14.3. The number of hydrogen-bond donors (Lipinski definition) is 0. The third-order valence-corrected chi connectivity index (χ3v) is 5.26. The Bertz CT molecular complexity index is 244. The molecule has 0 N–H and O–H groups in total. The zero-order valence-electron chi connectivity index (χ0n) is 11.5. The highest BCUT2D eigenvalue weighted by Crippen LogP contribution is 2.41. The van der Waals surface area contributed by atoms with Gasteiger partial charge in [-0.3, -0.25) is 0 Å². The molecule has 0 aromatic carbocycles. The topological polar surface area (TPSA) is 0 Å². The fourth-order valence-electron chi connectivity index (χ4n) is 4.11. The SMILES string of the molecule is C#CC1CCC([C@H]2CC[C@H](CCC)CC2)CC1. The van der Waals surface area contributed by atoms with E-state index in [9.17, 15) is 0 Å². The van der Waals surface area contributed by atoms with Crippen LogP contribution in [0.3, 0.4) is 0 Å². The molecule has 2 fully saturated rings. The van der Waals surface area contributed by atoms with Gasteiger partial charge in [0, 0.05) is 5.92 Å². The molecule has 0 radical (unpaired) electrons. The minimum atomic E-state index is 0.600. The lowest BCUT2D eigenvalue weighted by molar-refractivity contribution is 0.154. The Morgan fingerprint density at radius 1 is 0.882 bits per heavy atom. The fourth-order valence-corrected chi connectivity index (χ4v) is 4.11. The molecule has 0 unspecified atom stereocenters. The second kappa shape index (κ2) is 6.48. The van der Waals surface area contributed by atoms with E-state index in [0.717, 1.165) is 17.8 Å². The summed E-state index contributed by atoms with van der Waals surface area (Å²) in [6.07, 6.45) is 19.8. The Morgan fingerprint density at radius 3 is 1.88 bits per heavy atom. The van der Waals surface area contributed by atoms with Crippen molar-refractivity contribution in [1.29, 1.82) is 0 Å². The van der Waals surface area contributed by atoms with Crippen molar-refractivity contribution in [3.05, 3.63) is 0 Å². The van der Waals surface area contributed by atoms with Crippen LogP contribution in [0.4, 0.5) is 0 Å². The molecule has 0 amide bonds. The lowest BCUT2D eigenvalue weighted by Gasteiger charge is -2.37. The van der Waals surface area contributed by atoms with Gasteiger partial charge < -0.3 is 0 Å². The summed E-state index contributed by atoms with van der Waals surface area (Å²) in [5.74, 6) is 6.66. The third-order valence-electron chi connectivity index (χ3n) is 5.26. The van der Waals surface area contributed by atoms with E-state index < -0.39 is 0 Å². The maximum absolute atomic E-state index is 5.53. The van der Waals surface area contributed by atoms with Crippen molar-refractivity contribution in [2.45, 2.75) is 71.1 Å². The summed E-state index contributed by atoms with van der Waals surface area (Å²) in [7, 11) is 0. The van der Waals surface area contributed by atoms with E-state index in [0.29, 0.717) is 5.92 Å². The standard InChI is InChI=1S/C17H28/c1-3-5-15-8-12-17(13-9-15)16-10-6-14(4-2)7-11-16/h2,14-17H,3,5-13H2,1H3/t14?,15-,16?,17-. The zero-order valence-corrected chi connectivity index (χ0v) is 11.5. The second-order valence-corrected chi connectivity index (χ2v) is 6.35. The van der Waals surface area contributed by atoms with Crippen molar-refractivity contribution in [3.63, 3.8) is 0 Å². The number of terminal acetylenes is 1. The molecule has 0 saturated heterocycles. The Hall–Kier alpha value is -0.440. The monoisotopic (exact) mass is 232 g/mol. The average Bonchev–Trinajstić information content (AvgIpc) is 2.40. The summed E-state index contributed by atoms with van der Waals surface area (Å²) in [4.78, 5) is 0. The van der Waals surface area contributed by atoms with E-state index in [1.54, 1.807) is 0 Å². The lowest BCUT2D eigenvalue weighted by Crippen LogP contribution is -2.25. The van der Waals surface area contributed by atoms with E-state index in [1.165, 1.54) is 64.2 Å².